The lowest BCUT2D eigenvalue weighted by Gasteiger charge is -2.30. The maximum absolute atomic E-state index is 12.7. The topological polar surface area (TPSA) is 108 Å². The quantitative estimate of drug-likeness (QED) is 0.473. The first-order valence-corrected chi connectivity index (χ1v) is 11.5. The number of aromatic hydroxyl groups is 1. The molecule has 0 aromatic heterocycles. The number of phenols is 1. The second kappa shape index (κ2) is 9.59. The molecular formula is C20H22BrN3O5S. The zero-order valence-electron chi connectivity index (χ0n) is 16.3. The lowest BCUT2D eigenvalue weighted by molar-refractivity contribution is -0.126. The lowest BCUT2D eigenvalue weighted by atomic mass is 9.98. The zero-order chi connectivity index (χ0) is 21.7. The second-order valence-corrected chi connectivity index (χ2v) is 9.62. The van der Waals surface area contributed by atoms with Crippen LogP contribution in [-0.4, -0.2) is 50.2 Å². The van der Waals surface area contributed by atoms with Crippen molar-refractivity contribution < 1.29 is 23.1 Å². The minimum Gasteiger partial charge on any atom is -0.504 e. The average Bonchev–Trinajstić information content (AvgIpc) is 2.75. The standard InChI is InChI=1S/C20H22BrN3O5S/c1-29-18-4-2-3-15(19(18)25)13-22-23-20(26)14-9-11-24(12-10-14)30(27,28)17-7-5-16(21)6-8-17/h2-8,13-14,25H,9-12H2,1H3,(H,23,26)/b22-13-. The molecular weight excluding hydrogens is 474 g/mol. The van der Waals surface area contributed by atoms with Gasteiger partial charge in [0.2, 0.25) is 15.9 Å². The van der Waals surface area contributed by atoms with Crippen molar-refractivity contribution in [1.82, 2.24) is 9.73 Å². The molecule has 2 aromatic carbocycles. The molecule has 0 spiro atoms. The van der Waals surface area contributed by atoms with Crippen LogP contribution in [0.4, 0.5) is 0 Å². The van der Waals surface area contributed by atoms with Gasteiger partial charge < -0.3 is 9.84 Å². The van der Waals surface area contributed by atoms with Crippen molar-refractivity contribution in [1.29, 1.82) is 0 Å². The number of nitrogens with zero attached hydrogens (tertiary/aromatic N) is 2. The first-order valence-electron chi connectivity index (χ1n) is 9.27. The van der Waals surface area contributed by atoms with Crippen LogP contribution in [0.15, 0.2) is 56.9 Å². The van der Waals surface area contributed by atoms with Gasteiger partial charge in [-0.05, 0) is 49.2 Å². The Labute approximate surface area is 183 Å². The average molecular weight is 496 g/mol. The molecule has 2 aromatic rings. The molecule has 30 heavy (non-hydrogen) atoms. The van der Waals surface area contributed by atoms with Crippen molar-refractivity contribution in [2.24, 2.45) is 11.0 Å². The summed E-state index contributed by atoms with van der Waals surface area (Å²) in [6, 6.07) is 11.4. The number of amides is 1. The molecule has 10 heteroatoms. The van der Waals surface area contributed by atoms with Gasteiger partial charge in [0.15, 0.2) is 11.5 Å². The molecule has 1 aliphatic heterocycles. The molecule has 1 fully saturated rings. The third-order valence-corrected chi connectivity index (χ3v) is 7.35. The number of carbonyl (C=O) groups is 1. The van der Waals surface area contributed by atoms with E-state index in [1.54, 1.807) is 42.5 Å². The number of rotatable bonds is 6. The van der Waals surface area contributed by atoms with Gasteiger partial charge in [0.1, 0.15) is 0 Å². The Bertz CT molecular complexity index is 1030. The molecule has 1 saturated heterocycles. The Morgan fingerprint density at radius 3 is 2.53 bits per heavy atom. The molecule has 1 heterocycles. The summed E-state index contributed by atoms with van der Waals surface area (Å²) in [6.45, 7) is 0.522. The van der Waals surface area contributed by atoms with Crippen LogP contribution in [0.3, 0.4) is 0 Å². The van der Waals surface area contributed by atoms with E-state index in [-0.39, 0.29) is 35.6 Å². The lowest BCUT2D eigenvalue weighted by Crippen LogP contribution is -2.42. The number of ether oxygens (including phenoxy) is 1. The van der Waals surface area contributed by atoms with Crippen LogP contribution in [0.2, 0.25) is 0 Å². The van der Waals surface area contributed by atoms with E-state index in [4.69, 9.17) is 4.74 Å². The van der Waals surface area contributed by atoms with Crippen molar-refractivity contribution in [2.75, 3.05) is 20.2 Å². The number of halogens is 1. The summed E-state index contributed by atoms with van der Waals surface area (Å²) in [5, 5.41) is 13.9. The van der Waals surface area contributed by atoms with Crippen LogP contribution in [0.25, 0.3) is 0 Å². The van der Waals surface area contributed by atoms with Crippen LogP contribution in [-0.2, 0) is 14.8 Å². The van der Waals surface area contributed by atoms with E-state index in [9.17, 15) is 18.3 Å². The second-order valence-electron chi connectivity index (χ2n) is 6.76. The SMILES string of the molecule is COc1cccc(/C=N\NC(=O)C2CCN(S(=O)(=O)c3ccc(Br)cc3)CC2)c1O. The molecule has 0 bridgehead atoms. The molecule has 0 aliphatic carbocycles. The first-order chi connectivity index (χ1) is 14.3. The molecule has 3 rings (SSSR count). The molecule has 0 radical (unpaired) electrons. The smallest absolute Gasteiger partial charge is 0.243 e. The van der Waals surface area contributed by atoms with E-state index < -0.39 is 10.0 Å². The fourth-order valence-electron chi connectivity index (χ4n) is 3.18. The molecule has 1 amide bonds. The van der Waals surface area contributed by atoms with E-state index in [1.807, 2.05) is 0 Å². The minimum atomic E-state index is -3.58. The Morgan fingerprint density at radius 1 is 1.23 bits per heavy atom. The van der Waals surface area contributed by atoms with Crippen molar-refractivity contribution in [3.8, 4) is 11.5 Å². The highest BCUT2D eigenvalue weighted by atomic mass is 79.9. The molecule has 160 valence electrons. The number of hydrogen-bond donors (Lipinski definition) is 2. The van der Waals surface area contributed by atoms with Crippen LogP contribution >= 0.6 is 15.9 Å². The predicted octanol–water partition coefficient (Wildman–Crippen LogP) is 2.71. The van der Waals surface area contributed by atoms with Gasteiger partial charge in [0, 0.05) is 29.0 Å². The number of para-hydroxylation sites is 1. The van der Waals surface area contributed by atoms with E-state index in [0.29, 0.717) is 24.2 Å². The number of nitrogens with one attached hydrogen (secondary N) is 1. The van der Waals surface area contributed by atoms with Gasteiger partial charge in [0.05, 0.1) is 18.2 Å². The monoisotopic (exact) mass is 495 g/mol. The van der Waals surface area contributed by atoms with Crippen LogP contribution in [0.1, 0.15) is 18.4 Å². The maximum Gasteiger partial charge on any atom is 0.243 e. The fourth-order valence-corrected chi connectivity index (χ4v) is 4.91. The van der Waals surface area contributed by atoms with Crippen LogP contribution < -0.4 is 10.2 Å². The normalized spacial score (nSPS) is 15.9. The summed E-state index contributed by atoms with van der Waals surface area (Å²) in [7, 11) is -2.14. The summed E-state index contributed by atoms with van der Waals surface area (Å²) in [6.07, 6.45) is 2.14. The third-order valence-electron chi connectivity index (χ3n) is 4.90. The minimum absolute atomic E-state index is 0.0653. The maximum atomic E-state index is 12.7. The summed E-state index contributed by atoms with van der Waals surface area (Å²) in [5.74, 6) is -0.374. The van der Waals surface area contributed by atoms with E-state index in [1.165, 1.54) is 17.6 Å². The van der Waals surface area contributed by atoms with Crippen LogP contribution in [0, 0.1) is 5.92 Å². The first kappa shape index (κ1) is 22.3. The Morgan fingerprint density at radius 2 is 1.90 bits per heavy atom. The Kier molecular flexibility index (Phi) is 7.11. The number of methoxy groups -OCH3 is 1. The Hall–Kier alpha value is -2.43. The van der Waals surface area contributed by atoms with Gasteiger partial charge in [-0.3, -0.25) is 4.79 Å². The number of carbonyl (C=O) groups excluding carboxylic acids is 1. The number of hydrogen-bond acceptors (Lipinski definition) is 6. The summed E-state index contributed by atoms with van der Waals surface area (Å²) in [4.78, 5) is 12.6. The molecule has 0 atom stereocenters. The van der Waals surface area contributed by atoms with Crippen LogP contribution in [0.5, 0.6) is 11.5 Å². The summed E-state index contributed by atoms with van der Waals surface area (Å²) in [5.41, 5.74) is 2.87. The third kappa shape index (κ3) is 5.00. The van der Waals surface area contributed by atoms with Gasteiger partial charge in [0.25, 0.3) is 0 Å². The number of sulfonamides is 1. The van der Waals surface area contributed by atoms with Crippen molar-refractivity contribution in [3.05, 3.63) is 52.5 Å². The van der Waals surface area contributed by atoms with Gasteiger partial charge in [-0.1, -0.05) is 22.0 Å². The summed E-state index contributed by atoms with van der Waals surface area (Å²) >= 11 is 3.29. The van der Waals surface area contributed by atoms with Gasteiger partial charge >= 0.3 is 0 Å². The molecule has 1 aliphatic rings. The molecule has 0 saturated carbocycles. The number of piperidine rings is 1. The highest BCUT2D eigenvalue weighted by molar-refractivity contribution is 9.10. The van der Waals surface area contributed by atoms with Crippen molar-refractivity contribution in [3.63, 3.8) is 0 Å². The van der Waals surface area contributed by atoms with E-state index >= 15 is 0 Å². The number of phenolic OH excluding ortho intramolecular Hbond substituents is 1. The van der Waals surface area contributed by atoms with Crippen molar-refractivity contribution >= 4 is 38.1 Å². The predicted molar refractivity (Wildman–Crippen MR) is 116 cm³/mol. The van der Waals surface area contributed by atoms with Gasteiger partial charge in [-0.2, -0.15) is 9.41 Å². The highest BCUT2D eigenvalue weighted by Gasteiger charge is 2.32. The highest BCUT2D eigenvalue weighted by Crippen LogP contribution is 2.28. The molecule has 2 N–H and O–H groups in total. The van der Waals surface area contributed by atoms with Crippen molar-refractivity contribution in [2.45, 2.75) is 17.7 Å². The molecule has 0 unspecified atom stereocenters. The van der Waals surface area contributed by atoms with Gasteiger partial charge in [-0.25, -0.2) is 13.8 Å². The summed E-state index contributed by atoms with van der Waals surface area (Å²) < 4.78 is 32.7. The number of hydrazone groups is 1. The number of benzene rings is 2. The fraction of sp³-hybridized carbons (Fsp3) is 0.300. The largest absolute Gasteiger partial charge is 0.504 e. The van der Waals surface area contributed by atoms with Gasteiger partial charge in [-0.15, -0.1) is 0 Å². The van der Waals surface area contributed by atoms with E-state index in [0.717, 1.165) is 4.47 Å². The molecule has 8 nitrogen and oxygen atoms in total. The van der Waals surface area contributed by atoms with E-state index in [2.05, 4.69) is 26.5 Å². The Balaban J connectivity index is 1.56. The zero-order valence-corrected chi connectivity index (χ0v) is 18.7.